The van der Waals surface area contributed by atoms with Gasteiger partial charge in [0.05, 0.1) is 12.3 Å². The van der Waals surface area contributed by atoms with Crippen molar-refractivity contribution < 1.29 is 27.4 Å². The first-order valence-corrected chi connectivity index (χ1v) is 8.46. The highest BCUT2D eigenvalue weighted by Crippen LogP contribution is 2.28. The molecule has 1 N–H and O–H groups in total. The molecule has 1 aliphatic rings. The maximum absolute atomic E-state index is 12.6. The summed E-state index contributed by atoms with van der Waals surface area (Å²) in [5, 5.41) is 3.05. The number of anilines is 1. The van der Waals surface area contributed by atoms with Gasteiger partial charge in [0.1, 0.15) is 18.2 Å². The van der Waals surface area contributed by atoms with Gasteiger partial charge in [-0.2, -0.15) is 0 Å². The van der Waals surface area contributed by atoms with Gasteiger partial charge in [0.25, 0.3) is 0 Å². The predicted octanol–water partition coefficient (Wildman–Crippen LogP) is 3.64. The van der Waals surface area contributed by atoms with Crippen LogP contribution in [0.1, 0.15) is 29.4 Å². The average molecular weight is 383 g/mol. The molecule has 6 nitrogen and oxygen atoms in total. The minimum absolute atomic E-state index is 0.121. The van der Waals surface area contributed by atoms with Crippen molar-refractivity contribution in [3.8, 4) is 5.75 Å². The number of para-hydroxylation sites is 1. The van der Waals surface area contributed by atoms with Gasteiger partial charge >= 0.3 is 6.36 Å². The molecule has 1 fully saturated rings. The van der Waals surface area contributed by atoms with Gasteiger partial charge in [-0.15, -0.1) is 13.2 Å². The Balaban J connectivity index is 1.77. The SMILES string of the molecule is COCc1nc(NCc2ccccc2OC(F)(F)F)cc([C@@H]2CCOC2)n1. The summed E-state index contributed by atoms with van der Waals surface area (Å²) in [6, 6.07) is 7.78. The second-order valence-corrected chi connectivity index (χ2v) is 6.10. The highest BCUT2D eigenvalue weighted by atomic mass is 19.4. The number of nitrogens with zero attached hydrogens (tertiary/aromatic N) is 2. The van der Waals surface area contributed by atoms with E-state index in [1.165, 1.54) is 12.1 Å². The monoisotopic (exact) mass is 383 g/mol. The van der Waals surface area contributed by atoms with Gasteiger partial charge in [-0.25, -0.2) is 9.97 Å². The largest absolute Gasteiger partial charge is 0.573 e. The van der Waals surface area contributed by atoms with Crippen molar-refractivity contribution in [2.75, 3.05) is 25.6 Å². The second-order valence-electron chi connectivity index (χ2n) is 6.10. The smallest absolute Gasteiger partial charge is 0.405 e. The molecule has 1 aliphatic heterocycles. The number of rotatable bonds is 7. The molecule has 0 aliphatic carbocycles. The van der Waals surface area contributed by atoms with Crippen LogP contribution in [-0.2, 0) is 22.6 Å². The summed E-state index contributed by atoms with van der Waals surface area (Å²) in [4.78, 5) is 8.86. The Morgan fingerprint density at radius 1 is 1.26 bits per heavy atom. The molecule has 9 heteroatoms. The Morgan fingerprint density at radius 2 is 2.07 bits per heavy atom. The molecule has 1 saturated heterocycles. The van der Waals surface area contributed by atoms with Crippen LogP contribution in [0.4, 0.5) is 19.0 Å². The topological polar surface area (TPSA) is 65.5 Å². The van der Waals surface area contributed by atoms with E-state index in [2.05, 4.69) is 20.0 Å². The number of aromatic nitrogens is 2. The van der Waals surface area contributed by atoms with Crippen LogP contribution in [0.2, 0.25) is 0 Å². The van der Waals surface area contributed by atoms with Crippen LogP contribution < -0.4 is 10.1 Å². The predicted molar refractivity (Wildman–Crippen MR) is 91.4 cm³/mol. The number of nitrogens with one attached hydrogen (secondary N) is 1. The average Bonchev–Trinajstić information content (AvgIpc) is 3.14. The van der Waals surface area contributed by atoms with Crippen molar-refractivity contribution in [1.82, 2.24) is 9.97 Å². The Morgan fingerprint density at radius 3 is 2.78 bits per heavy atom. The van der Waals surface area contributed by atoms with Crippen molar-refractivity contribution in [3.63, 3.8) is 0 Å². The highest BCUT2D eigenvalue weighted by molar-refractivity contribution is 5.41. The lowest BCUT2D eigenvalue weighted by Crippen LogP contribution is -2.18. The molecule has 3 rings (SSSR count). The number of methoxy groups -OCH3 is 1. The van der Waals surface area contributed by atoms with Crippen molar-refractivity contribution in [1.29, 1.82) is 0 Å². The van der Waals surface area contributed by atoms with Crippen LogP contribution in [-0.4, -0.2) is 36.7 Å². The second kappa shape index (κ2) is 8.53. The maximum Gasteiger partial charge on any atom is 0.573 e. The fourth-order valence-electron chi connectivity index (χ4n) is 2.84. The molecule has 1 atom stereocenters. The molecule has 1 aromatic heterocycles. The van der Waals surface area contributed by atoms with Crippen molar-refractivity contribution in [2.24, 2.45) is 0 Å². The van der Waals surface area contributed by atoms with E-state index in [9.17, 15) is 13.2 Å². The van der Waals surface area contributed by atoms with E-state index < -0.39 is 6.36 Å². The minimum Gasteiger partial charge on any atom is -0.405 e. The van der Waals surface area contributed by atoms with E-state index in [0.717, 1.165) is 12.1 Å². The molecular weight excluding hydrogens is 363 g/mol. The van der Waals surface area contributed by atoms with Crippen LogP contribution in [0.3, 0.4) is 0 Å². The third-order valence-corrected chi connectivity index (χ3v) is 4.07. The Bertz CT molecular complexity index is 765. The van der Waals surface area contributed by atoms with Gasteiger partial charge in [0, 0.05) is 37.8 Å². The molecule has 146 valence electrons. The van der Waals surface area contributed by atoms with Crippen LogP contribution in [0.5, 0.6) is 5.75 Å². The van der Waals surface area contributed by atoms with Gasteiger partial charge in [0.2, 0.25) is 0 Å². The third kappa shape index (κ3) is 5.54. The van der Waals surface area contributed by atoms with Crippen molar-refractivity contribution in [3.05, 3.63) is 47.4 Å². The first-order valence-electron chi connectivity index (χ1n) is 8.46. The zero-order valence-corrected chi connectivity index (χ0v) is 14.8. The summed E-state index contributed by atoms with van der Waals surface area (Å²) in [7, 11) is 1.55. The van der Waals surface area contributed by atoms with Crippen molar-refractivity contribution >= 4 is 5.82 Å². The maximum atomic E-state index is 12.6. The lowest BCUT2D eigenvalue weighted by Gasteiger charge is -2.15. The highest BCUT2D eigenvalue weighted by Gasteiger charge is 2.32. The molecule has 0 spiro atoms. The number of benzene rings is 1. The van der Waals surface area contributed by atoms with Crippen LogP contribution in [0.25, 0.3) is 0 Å². The van der Waals surface area contributed by atoms with Gasteiger partial charge in [-0.05, 0) is 12.5 Å². The molecule has 0 saturated carbocycles. The summed E-state index contributed by atoms with van der Waals surface area (Å²) >= 11 is 0. The van der Waals surface area contributed by atoms with Gasteiger partial charge in [-0.3, -0.25) is 0 Å². The lowest BCUT2D eigenvalue weighted by molar-refractivity contribution is -0.274. The number of alkyl halides is 3. The van der Waals surface area contributed by atoms with E-state index in [0.29, 0.717) is 30.4 Å². The number of ether oxygens (including phenoxy) is 3. The molecule has 27 heavy (non-hydrogen) atoms. The quantitative estimate of drug-likeness (QED) is 0.788. The third-order valence-electron chi connectivity index (χ3n) is 4.07. The number of halogens is 3. The van der Waals surface area contributed by atoms with Gasteiger partial charge in [0.15, 0.2) is 5.82 Å². The molecule has 0 bridgehead atoms. The van der Waals surface area contributed by atoms with E-state index >= 15 is 0 Å². The number of hydrogen-bond acceptors (Lipinski definition) is 6. The van der Waals surface area contributed by atoms with E-state index in [1.54, 1.807) is 25.3 Å². The molecule has 0 unspecified atom stereocenters. The van der Waals surface area contributed by atoms with Crippen molar-refractivity contribution in [2.45, 2.75) is 31.9 Å². The Hall–Kier alpha value is -2.39. The van der Waals surface area contributed by atoms with Crippen LogP contribution in [0.15, 0.2) is 30.3 Å². The van der Waals surface area contributed by atoms with Gasteiger partial charge in [-0.1, -0.05) is 18.2 Å². The molecule has 0 radical (unpaired) electrons. The summed E-state index contributed by atoms with van der Waals surface area (Å²) < 4.78 is 52.3. The fourth-order valence-corrected chi connectivity index (χ4v) is 2.84. The lowest BCUT2D eigenvalue weighted by atomic mass is 10.0. The first-order chi connectivity index (χ1) is 12.9. The van der Waals surface area contributed by atoms with Crippen LogP contribution in [0, 0.1) is 0 Å². The molecule has 2 aromatic rings. The normalized spacial score (nSPS) is 17.1. The Kier molecular flexibility index (Phi) is 6.12. The van der Waals surface area contributed by atoms with Gasteiger partial charge < -0.3 is 19.5 Å². The molecule has 2 heterocycles. The molecule has 0 amide bonds. The van der Waals surface area contributed by atoms with E-state index in [1.807, 2.05) is 0 Å². The van der Waals surface area contributed by atoms with E-state index in [4.69, 9.17) is 9.47 Å². The first kappa shape index (κ1) is 19.4. The fraction of sp³-hybridized carbons (Fsp3) is 0.444. The Labute approximate surface area is 154 Å². The number of hydrogen-bond donors (Lipinski definition) is 1. The van der Waals surface area contributed by atoms with Crippen LogP contribution >= 0.6 is 0 Å². The summed E-state index contributed by atoms with van der Waals surface area (Å²) in [5.41, 5.74) is 1.20. The molecular formula is C18H20F3N3O3. The summed E-state index contributed by atoms with van der Waals surface area (Å²) in [5.74, 6) is 0.947. The minimum atomic E-state index is -4.74. The molecule has 1 aromatic carbocycles. The van der Waals surface area contributed by atoms with E-state index in [-0.39, 0.29) is 24.8 Å². The zero-order chi connectivity index (χ0) is 19.3. The standard InChI is InChI=1S/C18H20F3N3O3/c1-25-11-17-23-14(13-6-7-26-10-13)8-16(24-17)22-9-12-4-2-3-5-15(12)27-18(19,20)21/h2-5,8,13H,6-7,9-11H2,1H3,(H,22,23,24)/t13-/m1/s1. The zero-order valence-electron chi connectivity index (χ0n) is 14.8. The summed E-state index contributed by atoms with van der Waals surface area (Å²) in [6.07, 6.45) is -3.88. The summed E-state index contributed by atoms with van der Waals surface area (Å²) in [6.45, 7) is 1.63.